The molecule has 1 aliphatic rings. The zero-order chi connectivity index (χ0) is 16.7. The summed E-state index contributed by atoms with van der Waals surface area (Å²) in [6, 6.07) is 16.0. The molecule has 0 bridgehead atoms. The summed E-state index contributed by atoms with van der Waals surface area (Å²) in [5.74, 6) is 0. The lowest BCUT2D eigenvalue weighted by molar-refractivity contribution is 0.585. The minimum atomic E-state index is 0.658. The van der Waals surface area contributed by atoms with Gasteiger partial charge in [0.15, 0.2) is 0 Å². The van der Waals surface area contributed by atoms with Crippen LogP contribution in [0.3, 0.4) is 0 Å². The van der Waals surface area contributed by atoms with Gasteiger partial charge in [0.05, 0.1) is 22.5 Å². The van der Waals surface area contributed by atoms with Gasteiger partial charge in [-0.1, -0.05) is 42.5 Å². The summed E-state index contributed by atoms with van der Waals surface area (Å²) in [7, 11) is 0. The third-order valence-corrected chi connectivity index (χ3v) is 5.49. The zero-order valence-corrected chi connectivity index (χ0v) is 15.4. The summed E-state index contributed by atoms with van der Waals surface area (Å²) in [6.45, 7) is 1.99. The minimum Gasteiger partial charge on any atom is -0.281 e. The summed E-state index contributed by atoms with van der Waals surface area (Å²) in [5.41, 5.74) is 5.11. The van der Waals surface area contributed by atoms with E-state index in [-0.39, 0.29) is 0 Å². The van der Waals surface area contributed by atoms with Crippen LogP contribution in [0.4, 0.5) is 0 Å². The average Bonchev–Trinajstić information content (AvgIpc) is 2.60. The van der Waals surface area contributed by atoms with Crippen LogP contribution in [-0.2, 0) is 0 Å². The minimum absolute atomic E-state index is 0.658. The summed E-state index contributed by atoms with van der Waals surface area (Å²) in [6.07, 6.45) is 0. The fraction of sp³-hybridized carbons (Fsp3) is 0.0588. The van der Waals surface area contributed by atoms with Crippen molar-refractivity contribution in [2.45, 2.75) is 12.1 Å². The molecule has 2 aromatic carbocycles. The van der Waals surface area contributed by atoms with Gasteiger partial charge in [0, 0.05) is 21.5 Å². The number of thiol groups is 2. The van der Waals surface area contributed by atoms with Gasteiger partial charge >= 0.3 is 0 Å². The molecule has 4 nitrogen and oxygen atoms in total. The molecular formula is C17H14N4S3. The van der Waals surface area contributed by atoms with Gasteiger partial charge in [-0.2, -0.15) is 0 Å². The van der Waals surface area contributed by atoms with Gasteiger partial charge in [-0.3, -0.25) is 5.43 Å². The molecule has 1 aliphatic heterocycles. The lowest BCUT2D eigenvalue weighted by Gasteiger charge is -2.27. The highest BCUT2D eigenvalue weighted by molar-refractivity contribution is 7.99. The first kappa shape index (κ1) is 15.7. The summed E-state index contributed by atoms with van der Waals surface area (Å²) in [4.78, 5) is 9.23. The first-order valence-electron chi connectivity index (χ1n) is 7.33. The highest BCUT2D eigenvalue weighted by Gasteiger charge is 2.17. The molecule has 1 N–H and O–H groups in total. The molecule has 2 heterocycles. The largest absolute Gasteiger partial charge is 0.281 e. The van der Waals surface area contributed by atoms with E-state index >= 15 is 0 Å². The number of benzene rings is 2. The van der Waals surface area contributed by atoms with E-state index in [9.17, 15) is 0 Å². The van der Waals surface area contributed by atoms with E-state index in [4.69, 9.17) is 0 Å². The van der Waals surface area contributed by atoms with Crippen LogP contribution in [0.15, 0.2) is 53.7 Å². The number of nitrogens with one attached hydrogen (secondary N) is 1. The van der Waals surface area contributed by atoms with Crippen molar-refractivity contribution in [3.8, 4) is 0 Å². The Hall–Kier alpha value is -1.83. The SMILES string of the molecule is Cc1nc(SN2NC(S)=c3ccccc3=C2S)nc2ccccc12. The fourth-order valence-electron chi connectivity index (χ4n) is 2.60. The Labute approximate surface area is 154 Å². The van der Waals surface area contributed by atoms with Crippen molar-refractivity contribution in [2.24, 2.45) is 0 Å². The van der Waals surface area contributed by atoms with Crippen LogP contribution < -0.4 is 15.9 Å². The number of aryl methyl sites for hydroxylation is 1. The smallest absolute Gasteiger partial charge is 0.211 e. The van der Waals surface area contributed by atoms with E-state index in [1.807, 2.05) is 59.9 Å². The highest BCUT2D eigenvalue weighted by atomic mass is 32.2. The van der Waals surface area contributed by atoms with E-state index in [1.165, 1.54) is 11.9 Å². The van der Waals surface area contributed by atoms with Gasteiger partial charge in [-0.25, -0.2) is 14.4 Å². The number of hydrazine groups is 1. The van der Waals surface area contributed by atoms with Gasteiger partial charge in [-0.15, -0.1) is 25.3 Å². The average molecular weight is 371 g/mol. The molecule has 0 saturated carbocycles. The molecule has 120 valence electrons. The van der Waals surface area contributed by atoms with Crippen molar-refractivity contribution in [2.75, 3.05) is 0 Å². The van der Waals surface area contributed by atoms with E-state index in [0.717, 1.165) is 37.1 Å². The molecule has 0 radical (unpaired) electrons. The topological polar surface area (TPSA) is 41.1 Å². The molecule has 4 rings (SSSR count). The lowest BCUT2D eigenvalue weighted by Crippen LogP contribution is -2.43. The Bertz CT molecular complexity index is 1060. The van der Waals surface area contributed by atoms with Crippen LogP contribution in [0.2, 0.25) is 0 Å². The van der Waals surface area contributed by atoms with Crippen LogP contribution >= 0.6 is 37.2 Å². The summed E-state index contributed by atoms with van der Waals surface area (Å²) >= 11 is 10.6. The summed E-state index contributed by atoms with van der Waals surface area (Å²) in [5, 5.41) is 5.34. The number of aromatic nitrogens is 2. The number of nitrogens with zero attached hydrogens (tertiary/aromatic N) is 3. The van der Waals surface area contributed by atoms with E-state index < -0.39 is 0 Å². The Kier molecular flexibility index (Phi) is 4.07. The molecule has 0 saturated heterocycles. The van der Waals surface area contributed by atoms with E-state index in [0.29, 0.717) is 5.16 Å². The Balaban J connectivity index is 1.76. The monoisotopic (exact) mass is 370 g/mol. The first-order chi connectivity index (χ1) is 11.6. The number of rotatable bonds is 2. The maximum Gasteiger partial charge on any atom is 0.211 e. The zero-order valence-electron chi connectivity index (χ0n) is 12.8. The standard InChI is InChI=1S/C17H14N4S3/c1-10-11-6-4-5-9-14(11)19-17(18-10)24-21-16(23)13-8-3-2-7-12(13)15(22)20-21/h2-9,20,22-23H,1H3. The third-order valence-electron chi connectivity index (χ3n) is 3.77. The molecule has 24 heavy (non-hydrogen) atoms. The van der Waals surface area contributed by atoms with Gasteiger partial charge in [-0.05, 0) is 13.0 Å². The van der Waals surface area contributed by atoms with Gasteiger partial charge < -0.3 is 0 Å². The molecule has 0 aliphatic carbocycles. The molecule has 0 atom stereocenters. The van der Waals surface area contributed by atoms with E-state index in [2.05, 4.69) is 40.7 Å². The Morgan fingerprint density at radius 2 is 1.67 bits per heavy atom. The molecule has 0 amide bonds. The summed E-state index contributed by atoms with van der Waals surface area (Å²) < 4.78 is 1.83. The second-order valence-corrected chi connectivity index (χ2v) is 7.11. The van der Waals surface area contributed by atoms with Gasteiger partial charge in [0.25, 0.3) is 0 Å². The van der Waals surface area contributed by atoms with Crippen molar-refractivity contribution >= 4 is 58.2 Å². The van der Waals surface area contributed by atoms with Crippen LogP contribution in [0.1, 0.15) is 5.69 Å². The molecule has 3 aromatic rings. The van der Waals surface area contributed by atoms with Gasteiger partial charge in [0.2, 0.25) is 5.16 Å². The van der Waals surface area contributed by atoms with Crippen molar-refractivity contribution in [1.29, 1.82) is 0 Å². The van der Waals surface area contributed by atoms with Crippen molar-refractivity contribution in [3.05, 3.63) is 64.7 Å². The molecule has 0 fully saturated rings. The third kappa shape index (κ3) is 2.72. The number of hydrogen-bond acceptors (Lipinski definition) is 7. The van der Waals surface area contributed by atoms with Crippen LogP contribution in [0.25, 0.3) is 21.0 Å². The fourth-order valence-corrected chi connectivity index (χ4v) is 4.13. The normalized spacial score (nSPS) is 13.9. The van der Waals surface area contributed by atoms with Crippen molar-refractivity contribution in [3.63, 3.8) is 0 Å². The predicted octanol–water partition coefficient (Wildman–Crippen LogP) is 2.46. The van der Waals surface area contributed by atoms with Crippen molar-refractivity contribution in [1.82, 2.24) is 19.8 Å². The van der Waals surface area contributed by atoms with Crippen LogP contribution in [-0.4, -0.2) is 14.4 Å². The molecule has 0 unspecified atom stereocenters. The predicted molar refractivity (Wildman–Crippen MR) is 106 cm³/mol. The van der Waals surface area contributed by atoms with Gasteiger partial charge in [0.1, 0.15) is 5.03 Å². The maximum atomic E-state index is 4.66. The molecule has 7 heteroatoms. The number of para-hydroxylation sites is 1. The quantitative estimate of drug-likeness (QED) is 0.367. The molecular weight excluding hydrogens is 356 g/mol. The lowest BCUT2D eigenvalue weighted by atomic mass is 10.2. The highest BCUT2D eigenvalue weighted by Crippen LogP contribution is 2.27. The number of hydrogen-bond donors (Lipinski definition) is 3. The first-order valence-corrected chi connectivity index (χ1v) is 9.00. The molecule has 0 spiro atoms. The second kappa shape index (κ2) is 6.23. The second-order valence-electron chi connectivity index (χ2n) is 5.32. The van der Waals surface area contributed by atoms with Crippen LogP contribution in [0.5, 0.6) is 0 Å². The van der Waals surface area contributed by atoms with Crippen molar-refractivity contribution < 1.29 is 0 Å². The van der Waals surface area contributed by atoms with E-state index in [1.54, 1.807) is 0 Å². The van der Waals surface area contributed by atoms with Crippen LogP contribution in [0, 0.1) is 6.92 Å². The maximum absolute atomic E-state index is 4.66. The Morgan fingerprint density at radius 3 is 2.50 bits per heavy atom. The molecule has 1 aromatic heterocycles. The number of fused-ring (bicyclic) bond motifs is 2. The Morgan fingerprint density at radius 1 is 0.958 bits per heavy atom.